The zero-order valence-electron chi connectivity index (χ0n) is 10.5. The number of nitro groups is 1. The van der Waals surface area contributed by atoms with Crippen LogP contribution in [0.3, 0.4) is 0 Å². The van der Waals surface area contributed by atoms with E-state index in [0.717, 1.165) is 6.07 Å². The van der Waals surface area contributed by atoms with Gasteiger partial charge in [0, 0.05) is 12.5 Å². The fraction of sp³-hybridized carbons (Fsp3) is 0.364. The van der Waals surface area contributed by atoms with E-state index < -0.39 is 34.4 Å². The number of carboxylic acid groups (broad SMARTS) is 1. The highest BCUT2D eigenvalue weighted by atomic mass is 19.4. The van der Waals surface area contributed by atoms with Crippen molar-refractivity contribution < 1.29 is 32.7 Å². The number of alkyl halides is 3. The molecule has 0 aliphatic rings. The minimum absolute atomic E-state index is 0.145. The molecule has 0 saturated heterocycles. The van der Waals surface area contributed by atoms with Crippen molar-refractivity contribution in [1.82, 2.24) is 0 Å². The Balaban J connectivity index is 2.88. The van der Waals surface area contributed by atoms with Crippen molar-refractivity contribution in [3.63, 3.8) is 0 Å². The molecular weight excluding hydrogens is 297 g/mol. The Bertz CT molecular complexity index is 547. The van der Waals surface area contributed by atoms with Crippen LogP contribution in [0.4, 0.5) is 18.9 Å². The van der Waals surface area contributed by atoms with E-state index in [1.807, 2.05) is 0 Å². The highest BCUT2D eigenvalue weighted by Gasteiger charge is 2.33. The number of aliphatic carboxylic acids is 1. The summed E-state index contributed by atoms with van der Waals surface area (Å²) in [7, 11) is 0. The van der Waals surface area contributed by atoms with Gasteiger partial charge in [-0.15, -0.1) is 0 Å². The second kappa shape index (κ2) is 6.39. The normalized spacial score (nSPS) is 12.8. The molecular formula is C11H11F3N2O5. The van der Waals surface area contributed by atoms with E-state index in [4.69, 9.17) is 15.6 Å². The zero-order chi connectivity index (χ0) is 16.2. The molecule has 0 bridgehead atoms. The molecule has 1 aromatic rings. The molecule has 0 fully saturated rings. The first-order valence-electron chi connectivity index (χ1n) is 5.59. The molecule has 116 valence electrons. The predicted molar refractivity (Wildman–Crippen MR) is 63.8 cm³/mol. The van der Waals surface area contributed by atoms with Crippen LogP contribution in [0.1, 0.15) is 12.0 Å². The Hall–Kier alpha value is -2.36. The molecule has 1 unspecified atom stereocenters. The summed E-state index contributed by atoms with van der Waals surface area (Å²) in [6.07, 6.45) is -4.86. The van der Waals surface area contributed by atoms with E-state index in [0.29, 0.717) is 12.1 Å². The molecule has 21 heavy (non-hydrogen) atoms. The maximum absolute atomic E-state index is 12.5. The predicted octanol–water partition coefficient (Wildman–Crippen LogP) is 1.79. The Kier molecular flexibility index (Phi) is 5.08. The quantitative estimate of drug-likeness (QED) is 0.611. The Morgan fingerprint density at radius 1 is 1.48 bits per heavy atom. The van der Waals surface area contributed by atoms with Crippen molar-refractivity contribution in [1.29, 1.82) is 0 Å². The second-order valence-corrected chi connectivity index (χ2v) is 4.02. The van der Waals surface area contributed by atoms with Gasteiger partial charge in [-0.3, -0.25) is 14.9 Å². The summed E-state index contributed by atoms with van der Waals surface area (Å²) in [6.45, 7) is -0.278. The molecule has 7 nitrogen and oxygen atoms in total. The lowest BCUT2D eigenvalue weighted by molar-refractivity contribution is -0.386. The first-order valence-corrected chi connectivity index (χ1v) is 5.59. The topological polar surface area (TPSA) is 116 Å². The number of carbonyl (C=O) groups is 1. The van der Waals surface area contributed by atoms with Crippen molar-refractivity contribution in [3.8, 4) is 5.75 Å². The number of ether oxygens (including phenoxy) is 1. The van der Waals surface area contributed by atoms with Gasteiger partial charge in [0.2, 0.25) is 0 Å². The second-order valence-electron chi connectivity index (χ2n) is 4.02. The Morgan fingerprint density at radius 2 is 2.10 bits per heavy atom. The monoisotopic (exact) mass is 308 g/mol. The number of nitro benzene ring substituents is 1. The van der Waals surface area contributed by atoms with Gasteiger partial charge in [0.25, 0.3) is 0 Å². The summed E-state index contributed by atoms with van der Waals surface area (Å²) in [4.78, 5) is 20.2. The molecule has 1 rings (SSSR count). The number of rotatable bonds is 6. The van der Waals surface area contributed by atoms with E-state index in [2.05, 4.69) is 0 Å². The van der Waals surface area contributed by atoms with Crippen LogP contribution in [-0.4, -0.2) is 28.6 Å². The number of benzene rings is 1. The zero-order valence-corrected chi connectivity index (χ0v) is 10.5. The molecule has 0 aliphatic carbocycles. The van der Waals surface area contributed by atoms with E-state index >= 15 is 0 Å². The highest BCUT2D eigenvalue weighted by molar-refractivity contribution is 5.72. The van der Waals surface area contributed by atoms with Crippen LogP contribution in [0.5, 0.6) is 5.75 Å². The van der Waals surface area contributed by atoms with Gasteiger partial charge in [0.05, 0.1) is 17.1 Å². The van der Waals surface area contributed by atoms with Crippen LogP contribution in [0.25, 0.3) is 0 Å². The molecule has 0 saturated carbocycles. The van der Waals surface area contributed by atoms with Gasteiger partial charge in [0.15, 0.2) is 5.75 Å². The number of nitrogens with zero attached hydrogens (tertiary/aromatic N) is 1. The van der Waals surface area contributed by atoms with Crippen LogP contribution in [0.15, 0.2) is 18.2 Å². The van der Waals surface area contributed by atoms with Gasteiger partial charge < -0.3 is 15.6 Å². The standard InChI is InChI=1S/C11H11F3N2O5/c12-11(13,14)6-1-2-9(8(5-6)16(19)20)21-4-3-7(15)10(17)18/h1-2,5,7H,3-4,15H2,(H,17,18). The van der Waals surface area contributed by atoms with Gasteiger partial charge in [0.1, 0.15) is 6.04 Å². The van der Waals surface area contributed by atoms with Crippen molar-refractivity contribution >= 4 is 11.7 Å². The maximum atomic E-state index is 12.5. The summed E-state index contributed by atoms with van der Waals surface area (Å²) >= 11 is 0. The first-order chi connectivity index (χ1) is 9.62. The van der Waals surface area contributed by atoms with E-state index in [1.165, 1.54) is 0 Å². The third-order valence-electron chi connectivity index (χ3n) is 2.49. The maximum Gasteiger partial charge on any atom is 0.416 e. The Morgan fingerprint density at radius 3 is 2.57 bits per heavy atom. The molecule has 0 aliphatic heterocycles. The van der Waals surface area contributed by atoms with E-state index in [1.54, 1.807) is 0 Å². The molecule has 3 N–H and O–H groups in total. The minimum Gasteiger partial charge on any atom is -0.487 e. The molecule has 0 radical (unpaired) electrons. The lowest BCUT2D eigenvalue weighted by Gasteiger charge is -2.11. The van der Waals surface area contributed by atoms with E-state index in [9.17, 15) is 28.1 Å². The highest BCUT2D eigenvalue weighted by Crippen LogP contribution is 2.36. The summed E-state index contributed by atoms with van der Waals surface area (Å²) in [5.41, 5.74) is 3.17. The van der Waals surface area contributed by atoms with Gasteiger partial charge in [-0.25, -0.2) is 0 Å². The van der Waals surface area contributed by atoms with Crippen LogP contribution >= 0.6 is 0 Å². The average molecular weight is 308 g/mol. The first kappa shape index (κ1) is 16.7. The third-order valence-corrected chi connectivity index (χ3v) is 2.49. The lowest BCUT2D eigenvalue weighted by atomic mass is 10.2. The van der Waals surface area contributed by atoms with Crippen molar-refractivity contribution in [2.75, 3.05) is 6.61 Å². The number of hydrogen-bond donors (Lipinski definition) is 2. The molecule has 0 spiro atoms. The minimum atomic E-state index is -4.71. The van der Waals surface area contributed by atoms with Gasteiger partial charge >= 0.3 is 17.8 Å². The summed E-state index contributed by atoms with van der Waals surface area (Å²) in [5.74, 6) is -1.66. The van der Waals surface area contributed by atoms with Gasteiger partial charge in [-0.05, 0) is 12.1 Å². The molecule has 10 heteroatoms. The van der Waals surface area contributed by atoms with Crippen molar-refractivity contribution in [3.05, 3.63) is 33.9 Å². The van der Waals surface area contributed by atoms with Crippen molar-refractivity contribution in [2.24, 2.45) is 5.73 Å². The number of halogens is 3. The van der Waals surface area contributed by atoms with Gasteiger partial charge in [-0.2, -0.15) is 13.2 Å². The Labute approximate surface area is 116 Å². The molecule has 1 atom stereocenters. The van der Waals surface area contributed by atoms with Gasteiger partial charge in [-0.1, -0.05) is 0 Å². The average Bonchev–Trinajstić information content (AvgIpc) is 2.37. The molecule has 0 amide bonds. The number of nitrogens with two attached hydrogens (primary N) is 1. The third kappa shape index (κ3) is 4.60. The molecule has 1 aromatic carbocycles. The largest absolute Gasteiger partial charge is 0.487 e. The fourth-order valence-electron chi connectivity index (χ4n) is 1.38. The summed E-state index contributed by atoms with van der Waals surface area (Å²) in [6, 6.07) is 0.581. The van der Waals surface area contributed by atoms with Crippen LogP contribution < -0.4 is 10.5 Å². The fourth-order valence-corrected chi connectivity index (χ4v) is 1.38. The number of carboxylic acids is 1. The van der Waals surface area contributed by atoms with Crippen LogP contribution in [0.2, 0.25) is 0 Å². The molecule has 0 heterocycles. The summed E-state index contributed by atoms with van der Waals surface area (Å²) in [5, 5.41) is 19.3. The number of hydrogen-bond acceptors (Lipinski definition) is 5. The summed E-state index contributed by atoms with van der Waals surface area (Å²) < 4.78 is 42.3. The van der Waals surface area contributed by atoms with Crippen LogP contribution in [0, 0.1) is 10.1 Å². The van der Waals surface area contributed by atoms with E-state index in [-0.39, 0.29) is 18.8 Å². The van der Waals surface area contributed by atoms with Crippen LogP contribution in [-0.2, 0) is 11.0 Å². The van der Waals surface area contributed by atoms with Crippen molar-refractivity contribution in [2.45, 2.75) is 18.6 Å². The smallest absolute Gasteiger partial charge is 0.416 e. The molecule has 0 aromatic heterocycles. The lowest BCUT2D eigenvalue weighted by Crippen LogP contribution is -2.31. The SMILES string of the molecule is NC(CCOc1ccc(C(F)(F)F)cc1[N+](=O)[O-])C(=O)O.